The van der Waals surface area contributed by atoms with Gasteiger partial charge >= 0.3 is 0 Å². The maximum atomic E-state index is 13.1. The van der Waals surface area contributed by atoms with Gasteiger partial charge in [-0.15, -0.1) is 0 Å². The number of rotatable bonds is 4. The van der Waals surface area contributed by atoms with E-state index < -0.39 is 0 Å². The number of ether oxygens (including phenoxy) is 3. The van der Waals surface area contributed by atoms with Crippen molar-refractivity contribution >= 4 is 22.6 Å². The Morgan fingerprint density at radius 1 is 1.31 bits per heavy atom. The third-order valence-electron chi connectivity index (χ3n) is 5.50. The standard InChI is InChI=1S/C21H27N3O4S/c1-12-22-19-16(18(29-12)14-7-6-8-15(26-4)17(14)27-5)20(25)23-24(19)13-9-10-28-21(2,3)11-13/h6-8,13,18H,9-11H2,1-5H3,(H,23,25)/t13-,18-/m0/s1. The fraction of sp³-hybridized carbons (Fsp3) is 0.524. The number of hydrogen-bond donors (Lipinski definition) is 1. The lowest BCUT2D eigenvalue weighted by Crippen LogP contribution is -2.35. The van der Waals surface area contributed by atoms with Crippen LogP contribution in [0.3, 0.4) is 0 Å². The third-order valence-corrected chi connectivity index (χ3v) is 6.66. The Morgan fingerprint density at radius 2 is 2.10 bits per heavy atom. The minimum absolute atomic E-state index is 0.108. The minimum atomic E-state index is -0.228. The van der Waals surface area contributed by atoms with E-state index >= 15 is 0 Å². The normalized spacial score (nSPS) is 23.3. The molecule has 1 aromatic carbocycles. The molecule has 1 saturated heterocycles. The highest BCUT2D eigenvalue weighted by Crippen LogP contribution is 2.49. The van der Waals surface area contributed by atoms with E-state index in [9.17, 15) is 4.79 Å². The molecule has 1 fully saturated rings. The second kappa shape index (κ2) is 7.57. The first-order valence-corrected chi connectivity index (χ1v) is 10.6. The highest BCUT2D eigenvalue weighted by molar-refractivity contribution is 8.14. The summed E-state index contributed by atoms with van der Waals surface area (Å²) in [6.07, 6.45) is 1.66. The van der Waals surface area contributed by atoms with Gasteiger partial charge in [0.2, 0.25) is 0 Å². The molecular weight excluding hydrogens is 390 g/mol. The highest BCUT2D eigenvalue weighted by atomic mass is 32.2. The molecule has 2 aliphatic rings. The summed E-state index contributed by atoms with van der Waals surface area (Å²) in [5, 5.41) is 3.75. The van der Waals surface area contributed by atoms with Gasteiger partial charge in [-0.1, -0.05) is 23.9 Å². The van der Waals surface area contributed by atoms with E-state index in [1.807, 2.05) is 29.8 Å². The van der Waals surface area contributed by atoms with Crippen molar-refractivity contribution in [1.82, 2.24) is 9.78 Å². The number of para-hydroxylation sites is 1. The number of aliphatic imine (C=N–C) groups is 1. The number of nitrogens with zero attached hydrogens (tertiary/aromatic N) is 2. The fourth-order valence-electron chi connectivity index (χ4n) is 4.23. The maximum Gasteiger partial charge on any atom is 0.271 e. The molecule has 0 bridgehead atoms. The summed E-state index contributed by atoms with van der Waals surface area (Å²) in [7, 11) is 3.24. The molecule has 4 rings (SSSR count). The lowest BCUT2D eigenvalue weighted by molar-refractivity contribution is -0.0705. The lowest BCUT2D eigenvalue weighted by atomic mass is 9.94. The van der Waals surface area contributed by atoms with Crippen molar-refractivity contribution in [3.8, 4) is 11.5 Å². The average molecular weight is 418 g/mol. The molecule has 29 heavy (non-hydrogen) atoms. The molecule has 2 aromatic rings. The van der Waals surface area contributed by atoms with E-state index in [-0.39, 0.29) is 22.5 Å². The van der Waals surface area contributed by atoms with E-state index in [0.717, 1.165) is 23.4 Å². The third kappa shape index (κ3) is 3.59. The monoisotopic (exact) mass is 417 g/mol. The van der Waals surface area contributed by atoms with Gasteiger partial charge in [-0.3, -0.25) is 14.6 Å². The first kappa shape index (κ1) is 20.1. The quantitative estimate of drug-likeness (QED) is 0.806. The van der Waals surface area contributed by atoms with Crippen LogP contribution in [0.1, 0.15) is 56.0 Å². The molecule has 7 nitrogen and oxygen atoms in total. The number of fused-ring (bicyclic) bond motifs is 1. The van der Waals surface area contributed by atoms with Crippen molar-refractivity contribution in [2.45, 2.75) is 50.5 Å². The number of nitrogens with one attached hydrogen (secondary N) is 1. The van der Waals surface area contributed by atoms with Crippen LogP contribution in [0.2, 0.25) is 0 Å². The smallest absolute Gasteiger partial charge is 0.271 e. The Morgan fingerprint density at radius 3 is 2.79 bits per heavy atom. The summed E-state index contributed by atoms with van der Waals surface area (Å²) in [4.78, 5) is 17.8. The Hall–Kier alpha value is -2.19. The summed E-state index contributed by atoms with van der Waals surface area (Å²) in [5.74, 6) is 2.01. The Labute approximate surface area is 174 Å². The maximum absolute atomic E-state index is 13.1. The topological polar surface area (TPSA) is 77.8 Å². The first-order chi connectivity index (χ1) is 13.8. The Kier molecular flexibility index (Phi) is 5.25. The second-order valence-electron chi connectivity index (χ2n) is 8.01. The van der Waals surface area contributed by atoms with Gasteiger partial charge in [0.1, 0.15) is 0 Å². The van der Waals surface area contributed by atoms with Gasteiger partial charge in [0, 0.05) is 12.2 Å². The second-order valence-corrected chi connectivity index (χ2v) is 9.31. The van der Waals surface area contributed by atoms with Gasteiger partial charge < -0.3 is 14.2 Å². The molecular formula is C21H27N3O4S. The first-order valence-electron chi connectivity index (χ1n) is 9.76. The molecule has 0 unspecified atom stereocenters. The van der Waals surface area contributed by atoms with Crippen LogP contribution in [-0.4, -0.2) is 41.3 Å². The van der Waals surface area contributed by atoms with Crippen molar-refractivity contribution < 1.29 is 14.2 Å². The predicted octanol–water partition coefficient (Wildman–Crippen LogP) is 4.21. The molecule has 2 aliphatic heterocycles. The summed E-state index contributed by atoms with van der Waals surface area (Å²) in [6.45, 7) is 6.81. The van der Waals surface area contributed by atoms with Gasteiger partial charge in [-0.2, -0.15) is 0 Å². The van der Waals surface area contributed by atoms with Crippen LogP contribution >= 0.6 is 11.8 Å². The molecule has 1 N–H and O–H groups in total. The number of aromatic nitrogens is 2. The molecule has 0 radical (unpaired) electrons. The van der Waals surface area contributed by atoms with Crippen LogP contribution in [-0.2, 0) is 4.74 Å². The zero-order valence-electron chi connectivity index (χ0n) is 17.4. The Bertz CT molecular complexity index is 1010. The van der Waals surface area contributed by atoms with Crippen LogP contribution in [0, 0.1) is 0 Å². The number of H-pyrrole nitrogens is 1. The molecule has 1 aromatic heterocycles. The minimum Gasteiger partial charge on any atom is -0.493 e. The molecule has 0 saturated carbocycles. The van der Waals surface area contributed by atoms with Crippen molar-refractivity contribution in [2.75, 3.05) is 20.8 Å². The molecule has 0 aliphatic carbocycles. The summed E-state index contributed by atoms with van der Waals surface area (Å²) in [5.41, 5.74) is 1.23. The fourth-order valence-corrected chi connectivity index (χ4v) is 5.35. The number of aromatic amines is 1. The molecule has 0 amide bonds. The molecule has 2 atom stereocenters. The summed E-state index contributed by atoms with van der Waals surface area (Å²) in [6, 6.07) is 5.90. The number of benzene rings is 1. The van der Waals surface area contributed by atoms with Crippen molar-refractivity contribution in [3.63, 3.8) is 0 Å². The van der Waals surface area contributed by atoms with Gasteiger partial charge in [0.15, 0.2) is 17.3 Å². The molecule has 3 heterocycles. The van der Waals surface area contributed by atoms with Crippen LogP contribution in [0.5, 0.6) is 11.5 Å². The van der Waals surface area contributed by atoms with Gasteiger partial charge in [-0.05, 0) is 39.7 Å². The molecule has 156 valence electrons. The Balaban J connectivity index is 1.84. The largest absolute Gasteiger partial charge is 0.493 e. The van der Waals surface area contributed by atoms with Gasteiger partial charge in [0.25, 0.3) is 5.56 Å². The van der Waals surface area contributed by atoms with Crippen LogP contribution < -0.4 is 15.0 Å². The number of hydrogen-bond acceptors (Lipinski definition) is 6. The van der Waals surface area contributed by atoms with Gasteiger partial charge in [0.05, 0.1) is 41.7 Å². The predicted molar refractivity (Wildman–Crippen MR) is 115 cm³/mol. The van der Waals surface area contributed by atoms with E-state index in [4.69, 9.17) is 19.2 Å². The summed E-state index contributed by atoms with van der Waals surface area (Å²) >= 11 is 1.56. The highest BCUT2D eigenvalue weighted by Gasteiger charge is 2.36. The molecule has 8 heteroatoms. The zero-order valence-corrected chi connectivity index (χ0v) is 18.3. The zero-order chi connectivity index (χ0) is 20.8. The van der Waals surface area contributed by atoms with Crippen molar-refractivity contribution in [1.29, 1.82) is 0 Å². The van der Waals surface area contributed by atoms with Crippen LogP contribution in [0.15, 0.2) is 28.0 Å². The number of thioether (sulfide) groups is 1. The van der Waals surface area contributed by atoms with E-state index in [1.54, 1.807) is 26.0 Å². The van der Waals surface area contributed by atoms with E-state index in [0.29, 0.717) is 29.5 Å². The van der Waals surface area contributed by atoms with Crippen LogP contribution in [0.4, 0.5) is 5.82 Å². The van der Waals surface area contributed by atoms with Gasteiger partial charge in [-0.25, -0.2) is 4.99 Å². The van der Waals surface area contributed by atoms with E-state index in [2.05, 4.69) is 18.9 Å². The van der Waals surface area contributed by atoms with Crippen molar-refractivity contribution in [2.24, 2.45) is 4.99 Å². The van der Waals surface area contributed by atoms with Crippen molar-refractivity contribution in [3.05, 3.63) is 39.7 Å². The number of methoxy groups -OCH3 is 2. The average Bonchev–Trinajstić information content (AvgIpc) is 3.02. The SMILES string of the molecule is COc1cccc([C@@H]2SC(C)=Nc3c2c(=O)[nH]n3[C@H]2CCOC(C)(C)C2)c1OC. The van der Waals surface area contributed by atoms with Crippen LogP contribution in [0.25, 0.3) is 0 Å². The summed E-state index contributed by atoms with van der Waals surface area (Å²) < 4.78 is 18.9. The molecule has 0 spiro atoms. The van der Waals surface area contributed by atoms with E-state index in [1.165, 1.54) is 0 Å². The lowest BCUT2D eigenvalue weighted by Gasteiger charge is -2.36.